The van der Waals surface area contributed by atoms with Gasteiger partial charge in [0.25, 0.3) is 0 Å². The van der Waals surface area contributed by atoms with Crippen LogP contribution in [0.25, 0.3) is 0 Å². The van der Waals surface area contributed by atoms with Crippen LogP contribution in [-0.4, -0.2) is 19.6 Å². The molecule has 0 fully saturated rings. The molecule has 6 heteroatoms. The Hall–Kier alpha value is 1.51. The van der Waals surface area contributed by atoms with Crippen LogP contribution in [0.15, 0.2) is 0 Å². The fourth-order valence-electron chi connectivity index (χ4n) is 0.149. The summed E-state index contributed by atoms with van der Waals surface area (Å²) in [4.78, 5) is 0. The summed E-state index contributed by atoms with van der Waals surface area (Å²) in [7, 11) is -4.17. The Morgan fingerprint density at radius 1 is 1.75 bits per heavy atom. The molecule has 0 aromatic rings. The Morgan fingerprint density at radius 2 is 2.12 bits per heavy atom. The van der Waals surface area contributed by atoms with Gasteiger partial charge in [0.05, 0.1) is 6.61 Å². The van der Waals surface area contributed by atoms with E-state index < -0.39 is 10.4 Å². The van der Waals surface area contributed by atoms with E-state index in [0.29, 0.717) is 0 Å². The number of hydrogen-bond donors (Lipinski definition) is 1. The van der Waals surface area contributed by atoms with Crippen LogP contribution in [0.5, 0.6) is 0 Å². The first-order chi connectivity index (χ1) is 3.06. The summed E-state index contributed by atoms with van der Waals surface area (Å²) in [5.74, 6) is 0. The molecule has 0 bridgehead atoms. The molecule has 8 heavy (non-hydrogen) atoms. The predicted molar refractivity (Wildman–Crippen MR) is 24.3 cm³/mol. The van der Waals surface area contributed by atoms with Crippen LogP contribution in [0.2, 0.25) is 0 Å². The quantitative estimate of drug-likeness (QED) is 0.349. The fourth-order valence-corrected chi connectivity index (χ4v) is 0.447. The van der Waals surface area contributed by atoms with Gasteiger partial charge in [-0.3, -0.25) is 4.55 Å². The zero-order chi connectivity index (χ0) is 5.91. The van der Waals surface area contributed by atoms with Crippen LogP contribution in [-0.2, 0) is 14.6 Å². The van der Waals surface area contributed by atoms with Crippen LogP contribution in [0.4, 0.5) is 0 Å². The summed E-state index contributed by atoms with van der Waals surface area (Å²) >= 11 is 0. The van der Waals surface area contributed by atoms with Crippen molar-refractivity contribution in [3.63, 3.8) is 0 Å². The third-order valence-corrected chi connectivity index (χ3v) is 0.800. The maximum Gasteiger partial charge on any atom is 1.00 e. The van der Waals surface area contributed by atoms with E-state index in [0.717, 1.165) is 0 Å². The topological polar surface area (TPSA) is 63.6 Å². The van der Waals surface area contributed by atoms with Gasteiger partial charge in [0, 0.05) is 0 Å². The zero-order valence-corrected chi connectivity index (χ0v) is 8.73. The summed E-state index contributed by atoms with van der Waals surface area (Å²) in [6, 6.07) is 0. The van der Waals surface area contributed by atoms with E-state index in [1.807, 2.05) is 0 Å². The summed E-state index contributed by atoms with van der Waals surface area (Å²) in [6.07, 6.45) is 0. The minimum atomic E-state index is -4.17. The molecule has 0 aliphatic carbocycles. The minimum Gasteiger partial charge on any atom is -1.00 e. The van der Waals surface area contributed by atoms with Crippen molar-refractivity contribution >= 4 is 10.4 Å². The molecular formula is C2H7KO4S. The van der Waals surface area contributed by atoms with Gasteiger partial charge in [-0.15, -0.1) is 0 Å². The Balaban J connectivity index is -0.000000180. The Bertz CT molecular complexity index is 132. The molecular weight excluding hydrogens is 159 g/mol. The molecule has 0 radical (unpaired) electrons. The second kappa shape index (κ2) is 5.30. The van der Waals surface area contributed by atoms with Crippen molar-refractivity contribution in [2.75, 3.05) is 6.61 Å². The van der Waals surface area contributed by atoms with E-state index in [9.17, 15) is 8.42 Å². The van der Waals surface area contributed by atoms with Gasteiger partial charge in [0.1, 0.15) is 0 Å². The normalized spacial score (nSPS) is 10.2. The molecule has 0 aliphatic heterocycles. The summed E-state index contributed by atoms with van der Waals surface area (Å²) < 4.78 is 30.7. The molecule has 0 rings (SSSR count). The molecule has 0 saturated heterocycles. The zero-order valence-electron chi connectivity index (χ0n) is 5.79. The molecule has 0 saturated carbocycles. The van der Waals surface area contributed by atoms with E-state index in [2.05, 4.69) is 4.18 Å². The van der Waals surface area contributed by atoms with Crippen LogP contribution >= 0.6 is 0 Å². The molecule has 0 aromatic carbocycles. The van der Waals surface area contributed by atoms with Crippen molar-refractivity contribution in [2.24, 2.45) is 0 Å². The van der Waals surface area contributed by atoms with Gasteiger partial charge in [-0.1, -0.05) is 0 Å². The van der Waals surface area contributed by atoms with Gasteiger partial charge in [0.15, 0.2) is 0 Å². The molecule has 0 amide bonds. The van der Waals surface area contributed by atoms with E-state index in [1.54, 1.807) is 0 Å². The Morgan fingerprint density at radius 3 is 2.12 bits per heavy atom. The summed E-state index contributed by atoms with van der Waals surface area (Å²) in [5, 5.41) is 0. The minimum absolute atomic E-state index is 0. The average Bonchev–Trinajstić information content (AvgIpc) is 1.30. The third kappa shape index (κ3) is 10.5. The van der Waals surface area contributed by atoms with E-state index in [-0.39, 0.29) is 59.4 Å². The van der Waals surface area contributed by atoms with Crippen molar-refractivity contribution in [3.8, 4) is 0 Å². The largest absolute Gasteiger partial charge is 1.00 e. The maximum atomic E-state index is 9.56. The van der Waals surface area contributed by atoms with Gasteiger partial charge in [-0.05, 0) is 6.92 Å². The van der Waals surface area contributed by atoms with Crippen molar-refractivity contribution in [3.05, 3.63) is 0 Å². The van der Waals surface area contributed by atoms with Crippen molar-refractivity contribution in [2.45, 2.75) is 6.92 Å². The van der Waals surface area contributed by atoms with Crippen molar-refractivity contribution in [1.29, 1.82) is 0 Å². The molecule has 0 aromatic heterocycles. The van der Waals surface area contributed by atoms with Crippen LogP contribution in [0.3, 0.4) is 0 Å². The van der Waals surface area contributed by atoms with Gasteiger partial charge in [0.2, 0.25) is 0 Å². The molecule has 4 nitrogen and oxygen atoms in total. The Kier molecular flexibility index (Phi) is 8.09. The first-order valence-electron chi connectivity index (χ1n) is 1.68. The standard InChI is InChI=1S/C2H6O4S.K.H/c1-2-6-7(3,4)5;;/h2H2,1H3,(H,3,4,5);;/q;+1;-1. The number of rotatable bonds is 2. The van der Waals surface area contributed by atoms with Gasteiger partial charge >= 0.3 is 61.8 Å². The first-order valence-corrected chi connectivity index (χ1v) is 3.04. The molecule has 0 unspecified atom stereocenters. The summed E-state index contributed by atoms with van der Waals surface area (Å²) in [5.41, 5.74) is 0. The molecule has 0 heterocycles. The molecule has 1 N–H and O–H groups in total. The number of hydrogen-bond acceptors (Lipinski definition) is 3. The third-order valence-electron chi connectivity index (χ3n) is 0.267. The van der Waals surface area contributed by atoms with Crippen LogP contribution in [0, 0.1) is 0 Å². The van der Waals surface area contributed by atoms with E-state index in [4.69, 9.17) is 4.55 Å². The summed E-state index contributed by atoms with van der Waals surface area (Å²) in [6.45, 7) is 1.44. The van der Waals surface area contributed by atoms with Gasteiger partial charge in [-0.2, -0.15) is 8.42 Å². The monoisotopic (exact) mass is 166 g/mol. The van der Waals surface area contributed by atoms with Crippen molar-refractivity contribution in [1.82, 2.24) is 0 Å². The predicted octanol–water partition coefficient (Wildman–Crippen LogP) is -3.06. The molecule has 0 aliphatic rings. The molecule has 46 valence electrons. The smallest absolute Gasteiger partial charge is 1.00 e. The van der Waals surface area contributed by atoms with E-state index >= 15 is 0 Å². The van der Waals surface area contributed by atoms with Crippen LogP contribution < -0.4 is 51.4 Å². The Labute approximate surface area is 92.5 Å². The molecule has 0 atom stereocenters. The van der Waals surface area contributed by atoms with Gasteiger partial charge in [-0.25, -0.2) is 4.18 Å². The second-order valence-electron chi connectivity index (χ2n) is 0.834. The second-order valence-corrected chi connectivity index (χ2v) is 1.93. The van der Waals surface area contributed by atoms with E-state index in [1.165, 1.54) is 6.92 Å². The van der Waals surface area contributed by atoms with Gasteiger partial charge < -0.3 is 1.43 Å². The SMILES string of the molecule is CCOS(=O)(=O)O.[H-].[K+]. The fraction of sp³-hybridized carbons (Fsp3) is 1.00. The molecule has 0 spiro atoms. The maximum absolute atomic E-state index is 9.56. The van der Waals surface area contributed by atoms with Crippen molar-refractivity contribution < 1.29 is 70.0 Å². The average molecular weight is 166 g/mol. The first kappa shape index (κ1) is 12.2. The van der Waals surface area contributed by atoms with Crippen LogP contribution in [0.1, 0.15) is 8.35 Å².